The van der Waals surface area contributed by atoms with Crippen molar-refractivity contribution < 1.29 is 4.74 Å². The van der Waals surface area contributed by atoms with Crippen molar-refractivity contribution in [3.63, 3.8) is 0 Å². The lowest BCUT2D eigenvalue weighted by Crippen LogP contribution is -2.06. The predicted molar refractivity (Wildman–Crippen MR) is 95.0 cm³/mol. The van der Waals surface area contributed by atoms with E-state index in [0.29, 0.717) is 19.0 Å². The zero-order chi connectivity index (χ0) is 15.5. The largest absolute Gasteiger partial charge is 0.492 e. The summed E-state index contributed by atoms with van der Waals surface area (Å²) >= 11 is 6.90. The molecule has 0 aliphatic carbocycles. The van der Waals surface area contributed by atoms with Crippen LogP contribution in [0, 0.1) is 0 Å². The number of nitrogens with two attached hydrogens (primary N) is 1. The number of para-hydroxylation sites is 1. The second-order valence-electron chi connectivity index (χ2n) is 4.72. The van der Waals surface area contributed by atoms with E-state index in [9.17, 15) is 0 Å². The maximum Gasteiger partial charge on any atom is 0.220 e. The van der Waals surface area contributed by atoms with E-state index in [1.165, 1.54) is 0 Å². The quantitative estimate of drug-likeness (QED) is 0.678. The van der Waals surface area contributed by atoms with Crippen LogP contribution < -0.4 is 10.5 Å². The summed E-state index contributed by atoms with van der Waals surface area (Å²) in [5.41, 5.74) is 7.53. The molecule has 1 aromatic heterocycles. The third-order valence-electron chi connectivity index (χ3n) is 3.19. The van der Waals surface area contributed by atoms with Gasteiger partial charge in [-0.1, -0.05) is 34.1 Å². The molecule has 1 heterocycles. The minimum Gasteiger partial charge on any atom is -0.492 e. The van der Waals surface area contributed by atoms with Gasteiger partial charge in [-0.2, -0.15) is 0 Å². The van der Waals surface area contributed by atoms with Gasteiger partial charge >= 0.3 is 0 Å². The molecule has 0 aliphatic heterocycles. The van der Waals surface area contributed by atoms with Crippen molar-refractivity contribution in [3.05, 3.63) is 57.1 Å². The molecule has 0 saturated carbocycles. The van der Waals surface area contributed by atoms with Gasteiger partial charge < -0.3 is 10.5 Å². The van der Waals surface area contributed by atoms with Crippen LogP contribution in [0.5, 0.6) is 5.75 Å². The Balaban J connectivity index is 1.77. The Kier molecular flexibility index (Phi) is 4.59. The number of ether oxygens (including phenoxy) is 1. The van der Waals surface area contributed by atoms with E-state index in [0.717, 1.165) is 31.3 Å². The number of benzene rings is 2. The highest BCUT2D eigenvalue weighted by Gasteiger charge is 2.07. The van der Waals surface area contributed by atoms with Gasteiger partial charge in [-0.05, 0) is 40.2 Å². The number of nitrogen functional groups attached to an aromatic ring is 1. The molecule has 0 amide bonds. The molecule has 0 saturated heterocycles. The second kappa shape index (κ2) is 6.62. The van der Waals surface area contributed by atoms with E-state index in [4.69, 9.17) is 10.5 Å². The highest BCUT2D eigenvalue weighted by molar-refractivity contribution is 9.11. The minimum atomic E-state index is 0.290. The van der Waals surface area contributed by atoms with Gasteiger partial charge in [-0.15, -0.1) is 0 Å². The van der Waals surface area contributed by atoms with Crippen LogP contribution in [0.15, 0.2) is 51.4 Å². The maximum atomic E-state index is 5.82. The van der Waals surface area contributed by atoms with Gasteiger partial charge in [0, 0.05) is 16.3 Å². The van der Waals surface area contributed by atoms with Crippen molar-refractivity contribution in [2.75, 3.05) is 12.3 Å². The second-order valence-corrected chi connectivity index (χ2v) is 6.49. The fraction of sp³-hybridized carbons (Fsp3) is 0.125. The molecule has 0 aliphatic rings. The standard InChI is InChI=1S/C16H13Br2N3O/c17-10-5-6-15(12(18)9-10)22-8-7-14-11-3-1-2-4-13(11)20-16(19)21-14/h1-6,9H,7-8H2,(H2,19,20,21). The third-order valence-corrected chi connectivity index (χ3v) is 4.30. The molecule has 0 spiro atoms. The summed E-state index contributed by atoms with van der Waals surface area (Å²) in [5.74, 6) is 1.09. The minimum absolute atomic E-state index is 0.290. The van der Waals surface area contributed by atoms with Crippen molar-refractivity contribution in [2.45, 2.75) is 6.42 Å². The molecule has 22 heavy (non-hydrogen) atoms. The van der Waals surface area contributed by atoms with Gasteiger partial charge in [0.05, 0.1) is 22.3 Å². The molecule has 112 valence electrons. The molecule has 2 N–H and O–H groups in total. The summed E-state index contributed by atoms with van der Waals surface area (Å²) in [6.07, 6.45) is 0.662. The maximum absolute atomic E-state index is 5.82. The summed E-state index contributed by atoms with van der Waals surface area (Å²) in [5, 5.41) is 1.01. The average molecular weight is 423 g/mol. The van der Waals surface area contributed by atoms with E-state index in [1.807, 2.05) is 42.5 Å². The Labute approximate surface area is 145 Å². The molecule has 0 unspecified atom stereocenters. The van der Waals surface area contributed by atoms with Gasteiger partial charge in [-0.3, -0.25) is 0 Å². The lowest BCUT2D eigenvalue weighted by molar-refractivity contribution is 0.319. The number of hydrogen-bond donors (Lipinski definition) is 1. The number of nitrogens with zero attached hydrogens (tertiary/aromatic N) is 2. The van der Waals surface area contributed by atoms with Gasteiger partial charge in [0.25, 0.3) is 0 Å². The molecule has 2 aromatic carbocycles. The zero-order valence-corrected chi connectivity index (χ0v) is 14.8. The smallest absolute Gasteiger partial charge is 0.220 e. The molecule has 0 fully saturated rings. The van der Waals surface area contributed by atoms with E-state index in [1.54, 1.807) is 0 Å². The molecular formula is C16H13Br2N3O. The first-order chi connectivity index (χ1) is 10.6. The summed E-state index contributed by atoms with van der Waals surface area (Å²) in [6, 6.07) is 13.7. The van der Waals surface area contributed by atoms with Crippen LogP contribution in [-0.4, -0.2) is 16.6 Å². The predicted octanol–water partition coefficient (Wildman–Crippen LogP) is 4.36. The number of aromatic nitrogens is 2. The Hall–Kier alpha value is -1.66. The van der Waals surface area contributed by atoms with Crippen LogP contribution in [0.3, 0.4) is 0 Å². The summed E-state index contributed by atoms with van der Waals surface area (Å²) < 4.78 is 7.73. The Morgan fingerprint density at radius 3 is 2.68 bits per heavy atom. The van der Waals surface area contributed by atoms with Gasteiger partial charge in [0.1, 0.15) is 5.75 Å². The number of rotatable bonds is 4. The Morgan fingerprint density at radius 2 is 1.86 bits per heavy atom. The van der Waals surface area contributed by atoms with Crippen LogP contribution >= 0.6 is 31.9 Å². The van der Waals surface area contributed by atoms with Gasteiger partial charge in [0.2, 0.25) is 5.95 Å². The molecular weight excluding hydrogens is 410 g/mol. The summed E-state index contributed by atoms with van der Waals surface area (Å²) in [6.45, 7) is 0.515. The summed E-state index contributed by atoms with van der Waals surface area (Å²) in [4.78, 5) is 8.58. The summed E-state index contributed by atoms with van der Waals surface area (Å²) in [7, 11) is 0. The van der Waals surface area contributed by atoms with Crippen molar-refractivity contribution in [2.24, 2.45) is 0 Å². The van der Waals surface area contributed by atoms with Crippen molar-refractivity contribution in [1.82, 2.24) is 9.97 Å². The first-order valence-electron chi connectivity index (χ1n) is 6.72. The fourth-order valence-corrected chi connectivity index (χ4v) is 3.36. The van der Waals surface area contributed by atoms with E-state index >= 15 is 0 Å². The van der Waals surface area contributed by atoms with Gasteiger partial charge in [0.15, 0.2) is 0 Å². The lowest BCUT2D eigenvalue weighted by Gasteiger charge is -2.10. The van der Waals surface area contributed by atoms with Crippen molar-refractivity contribution in [1.29, 1.82) is 0 Å². The molecule has 4 nitrogen and oxygen atoms in total. The average Bonchev–Trinajstić information content (AvgIpc) is 2.49. The third kappa shape index (κ3) is 3.39. The van der Waals surface area contributed by atoms with Crippen molar-refractivity contribution in [3.8, 4) is 5.75 Å². The molecule has 6 heteroatoms. The lowest BCUT2D eigenvalue weighted by atomic mass is 10.1. The molecule has 0 atom stereocenters. The first-order valence-corrected chi connectivity index (χ1v) is 8.31. The molecule has 3 aromatic rings. The number of halogens is 2. The van der Waals surface area contributed by atoms with Gasteiger partial charge in [-0.25, -0.2) is 9.97 Å². The monoisotopic (exact) mass is 421 g/mol. The number of fused-ring (bicyclic) bond motifs is 1. The van der Waals surface area contributed by atoms with Crippen LogP contribution in [0.1, 0.15) is 5.69 Å². The SMILES string of the molecule is Nc1nc(CCOc2ccc(Br)cc2Br)c2ccccc2n1. The Bertz CT molecular complexity index is 824. The fourth-order valence-electron chi connectivity index (χ4n) is 2.20. The first kappa shape index (κ1) is 15.2. The molecule has 3 rings (SSSR count). The Morgan fingerprint density at radius 1 is 1.05 bits per heavy atom. The number of hydrogen-bond acceptors (Lipinski definition) is 4. The van der Waals surface area contributed by atoms with E-state index in [2.05, 4.69) is 41.8 Å². The van der Waals surface area contributed by atoms with E-state index in [-0.39, 0.29) is 0 Å². The normalized spacial score (nSPS) is 10.8. The topological polar surface area (TPSA) is 61.0 Å². The van der Waals surface area contributed by atoms with Crippen LogP contribution in [-0.2, 0) is 6.42 Å². The highest BCUT2D eigenvalue weighted by atomic mass is 79.9. The molecule has 0 radical (unpaired) electrons. The van der Waals surface area contributed by atoms with Crippen LogP contribution in [0.2, 0.25) is 0 Å². The zero-order valence-electron chi connectivity index (χ0n) is 11.6. The van der Waals surface area contributed by atoms with Crippen molar-refractivity contribution >= 4 is 48.7 Å². The molecule has 0 bridgehead atoms. The van der Waals surface area contributed by atoms with Crippen LogP contribution in [0.25, 0.3) is 10.9 Å². The van der Waals surface area contributed by atoms with E-state index < -0.39 is 0 Å². The van der Waals surface area contributed by atoms with Crippen LogP contribution in [0.4, 0.5) is 5.95 Å². The highest BCUT2D eigenvalue weighted by Crippen LogP contribution is 2.28. The number of anilines is 1.